The zero-order valence-corrected chi connectivity index (χ0v) is 18.0. The molecule has 4 rings (SSSR count). The molecule has 35 heavy (non-hydrogen) atoms. The van der Waals surface area contributed by atoms with Gasteiger partial charge in [0, 0.05) is 18.3 Å². The summed E-state index contributed by atoms with van der Waals surface area (Å²) in [6.07, 6.45) is -8.55. The summed E-state index contributed by atoms with van der Waals surface area (Å²) < 4.78 is 85.1. The molecule has 2 heterocycles. The van der Waals surface area contributed by atoms with Gasteiger partial charge >= 0.3 is 12.4 Å². The molecule has 1 aliphatic heterocycles. The van der Waals surface area contributed by atoms with Crippen LogP contribution in [0.3, 0.4) is 0 Å². The molecule has 0 atom stereocenters. The Kier molecular flexibility index (Phi) is 6.46. The maximum absolute atomic E-state index is 13.3. The highest BCUT2D eigenvalue weighted by molar-refractivity contribution is 5.80. The number of ether oxygens (including phenoxy) is 1. The summed E-state index contributed by atoms with van der Waals surface area (Å²) in [6, 6.07) is 9.78. The van der Waals surface area contributed by atoms with Crippen LogP contribution in [0.4, 0.5) is 26.3 Å². The second-order valence-corrected chi connectivity index (χ2v) is 7.91. The largest absolute Gasteiger partial charge is 0.467 e. The number of fused-ring (bicyclic) bond motifs is 1. The number of benzene rings is 2. The first-order valence-electron chi connectivity index (χ1n) is 10.3. The molecule has 184 valence electrons. The average molecular weight is 496 g/mol. The molecule has 0 aliphatic carbocycles. The zero-order chi connectivity index (χ0) is 25.4. The van der Waals surface area contributed by atoms with Gasteiger partial charge in [0.1, 0.15) is 0 Å². The van der Waals surface area contributed by atoms with Crippen LogP contribution in [0.5, 0.6) is 5.88 Å². The van der Waals surface area contributed by atoms with Crippen molar-refractivity contribution < 1.29 is 41.0 Å². The lowest BCUT2D eigenvalue weighted by Crippen LogP contribution is -2.32. The lowest BCUT2D eigenvalue weighted by atomic mass is 9.96. The van der Waals surface area contributed by atoms with Crippen molar-refractivity contribution in [2.45, 2.75) is 32.0 Å². The van der Waals surface area contributed by atoms with Gasteiger partial charge in [-0.3, -0.25) is 4.79 Å². The maximum Gasteiger partial charge on any atom is 0.416 e. The monoisotopic (exact) mass is 496 g/mol. The molecular weight excluding hydrogens is 478 g/mol. The van der Waals surface area contributed by atoms with Crippen LogP contribution in [0, 0.1) is 0 Å². The molecular formula is C24H18F6N2O3. The number of rotatable bonds is 4. The fourth-order valence-corrected chi connectivity index (χ4v) is 3.90. The van der Waals surface area contributed by atoms with Crippen LogP contribution >= 0.6 is 0 Å². The van der Waals surface area contributed by atoms with Gasteiger partial charge in [-0.25, -0.2) is 4.98 Å². The van der Waals surface area contributed by atoms with Gasteiger partial charge in [-0.15, -0.1) is 0 Å². The van der Waals surface area contributed by atoms with Crippen LogP contribution in [0.2, 0.25) is 0 Å². The van der Waals surface area contributed by atoms with Gasteiger partial charge in [0.05, 0.1) is 24.3 Å². The summed E-state index contributed by atoms with van der Waals surface area (Å²) in [5, 5.41) is 9.72. The van der Waals surface area contributed by atoms with Crippen LogP contribution in [0.25, 0.3) is 11.1 Å². The Hall–Kier alpha value is -3.60. The van der Waals surface area contributed by atoms with E-state index in [1.165, 1.54) is 6.20 Å². The molecule has 2 aromatic carbocycles. The van der Waals surface area contributed by atoms with E-state index in [0.29, 0.717) is 34.4 Å². The molecule has 1 aliphatic rings. The van der Waals surface area contributed by atoms with Crippen molar-refractivity contribution in [2.75, 3.05) is 6.61 Å². The molecule has 3 aromatic rings. The Morgan fingerprint density at radius 1 is 0.943 bits per heavy atom. The van der Waals surface area contributed by atoms with E-state index in [1.807, 2.05) is 0 Å². The average Bonchev–Trinajstić information content (AvgIpc) is 2.96. The standard InChI is InChI=1S/C24H18F6N2O3/c25-23(26,27)16-7-14(8-17(9-16)24(28,29)30)10-32-11-20-19(18-4-2-1-3-15(18)12-33)5-6-31-22(20)35-13-21(32)34/h1-9,33H,10-13H2. The Balaban J connectivity index is 1.75. The van der Waals surface area contributed by atoms with E-state index in [1.54, 1.807) is 30.3 Å². The summed E-state index contributed by atoms with van der Waals surface area (Å²) in [6.45, 7) is -1.45. The van der Waals surface area contributed by atoms with E-state index in [0.717, 1.165) is 4.90 Å². The summed E-state index contributed by atoms with van der Waals surface area (Å²) in [5.74, 6) is -0.513. The predicted molar refractivity (Wildman–Crippen MR) is 112 cm³/mol. The van der Waals surface area contributed by atoms with Crippen LogP contribution in [0.1, 0.15) is 27.8 Å². The number of hydrogen-bond acceptors (Lipinski definition) is 4. The fraction of sp³-hybridized carbons (Fsp3) is 0.250. The third-order valence-corrected chi connectivity index (χ3v) is 5.55. The minimum atomic E-state index is -5.00. The molecule has 0 bridgehead atoms. The Labute approximate surface area is 195 Å². The fourth-order valence-electron chi connectivity index (χ4n) is 3.90. The van der Waals surface area contributed by atoms with Gasteiger partial charge in [0.15, 0.2) is 6.61 Å². The summed E-state index contributed by atoms with van der Waals surface area (Å²) in [5.41, 5.74) is -1.05. The molecule has 0 unspecified atom stereocenters. The van der Waals surface area contributed by atoms with Crippen molar-refractivity contribution in [1.29, 1.82) is 0 Å². The minimum Gasteiger partial charge on any atom is -0.467 e. The summed E-state index contributed by atoms with van der Waals surface area (Å²) in [4.78, 5) is 18.0. The topological polar surface area (TPSA) is 62.7 Å². The number of nitrogens with zero attached hydrogens (tertiary/aromatic N) is 2. The molecule has 1 amide bonds. The smallest absolute Gasteiger partial charge is 0.416 e. The lowest BCUT2D eigenvalue weighted by Gasteiger charge is -2.23. The van der Waals surface area contributed by atoms with Crippen LogP contribution in [0.15, 0.2) is 54.7 Å². The maximum atomic E-state index is 13.3. The molecule has 0 radical (unpaired) electrons. The zero-order valence-electron chi connectivity index (χ0n) is 18.0. The van der Waals surface area contributed by atoms with E-state index in [9.17, 15) is 36.2 Å². The van der Waals surface area contributed by atoms with Crippen molar-refractivity contribution in [3.05, 3.63) is 82.5 Å². The Morgan fingerprint density at radius 3 is 2.23 bits per heavy atom. The number of alkyl halides is 6. The first kappa shape index (κ1) is 24.5. The number of carbonyl (C=O) groups is 1. The molecule has 11 heteroatoms. The molecule has 5 nitrogen and oxygen atoms in total. The number of pyridine rings is 1. The normalized spacial score (nSPS) is 14.4. The minimum absolute atomic E-state index is 0.0417. The van der Waals surface area contributed by atoms with E-state index in [2.05, 4.69) is 4.98 Å². The quantitative estimate of drug-likeness (QED) is 0.505. The van der Waals surface area contributed by atoms with Crippen molar-refractivity contribution in [2.24, 2.45) is 0 Å². The van der Waals surface area contributed by atoms with Crippen LogP contribution in [-0.4, -0.2) is 27.5 Å². The number of aliphatic hydroxyl groups is 1. The van der Waals surface area contributed by atoms with Crippen LogP contribution in [-0.2, 0) is 36.8 Å². The van der Waals surface area contributed by atoms with Gasteiger partial charge in [0.2, 0.25) is 5.88 Å². The third kappa shape index (κ3) is 5.24. The number of halogens is 6. The molecule has 0 fully saturated rings. The molecule has 1 aromatic heterocycles. The van der Waals surface area contributed by atoms with Crippen molar-refractivity contribution in [1.82, 2.24) is 9.88 Å². The number of aliphatic hydroxyl groups excluding tert-OH is 1. The summed E-state index contributed by atoms with van der Waals surface area (Å²) >= 11 is 0. The highest BCUT2D eigenvalue weighted by Crippen LogP contribution is 2.38. The van der Waals surface area contributed by atoms with Gasteiger partial charge in [-0.05, 0) is 46.5 Å². The van der Waals surface area contributed by atoms with E-state index in [4.69, 9.17) is 4.74 Å². The van der Waals surface area contributed by atoms with E-state index < -0.39 is 42.5 Å². The third-order valence-electron chi connectivity index (χ3n) is 5.55. The second kappa shape index (κ2) is 9.21. The molecule has 0 saturated carbocycles. The first-order valence-corrected chi connectivity index (χ1v) is 10.3. The first-order chi connectivity index (χ1) is 16.5. The van der Waals surface area contributed by atoms with Crippen molar-refractivity contribution >= 4 is 5.91 Å². The second-order valence-electron chi connectivity index (χ2n) is 7.91. The number of carbonyl (C=O) groups excluding carboxylic acids is 1. The van der Waals surface area contributed by atoms with E-state index in [-0.39, 0.29) is 30.7 Å². The SMILES string of the molecule is O=C1COc2nccc(-c3ccccc3CO)c2CN1Cc1cc(C(F)(F)F)cc(C(F)(F)F)c1. The number of amides is 1. The predicted octanol–water partition coefficient (Wildman–Crippen LogP) is 5.20. The molecule has 1 N–H and O–H groups in total. The van der Waals surface area contributed by atoms with Gasteiger partial charge in [-0.2, -0.15) is 26.3 Å². The van der Waals surface area contributed by atoms with Gasteiger partial charge in [-0.1, -0.05) is 24.3 Å². The highest BCUT2D eigenvalue weighted by Gasteiger charge is 2.37. The number of hydrogen-bond donors (Lipinski definition) is 1. The molecule has 0 saturated heterocycles. The highest BCUT2D eigenvalue weighted by atomic mass is 19.4. The Bertz CT molecular complexity index is 1220. The molecule has 0 spiro atoms. The van der Waals surface area contributed by atoms with Crippen molar-refractivity contribution in [3.63, 3.8) is 0 Å². The van der Waals surface area contributed by atoms with E-state index >= 15 is 0 Å². The lowest BCUT2D eigenvalue weighted by molar-refractivity contribution is -0.143. The van der Waals surface area contributed by atoms with Gasteiger partial charge < -0.3 is 14.7 Å². The van der Waals surface area contributed by atoms with Crippen molar-refractivity contribution in [3.8, 4) is 17.0 Å². The Morgan fingerprint density at radius 2 is 1.60 bits per heavy atom. The van der Waals surface area contributed by atoms with Gasteiger partial charge in [0.25, 0.3) is 5.91 Å². The summed E-state index contributed by atoms with van der Waals surface area (Å²) in [7, 11) is 0. The van der Waals surface area contributed by atoms with Crippen LogP contribution < -0.4 is 4.74 Å². The number of aromatic nitrogens is 1.